The van der Waals surface area contributed by atoms with Crippen LogP contribution in [0.15, 0.2) is 24.3 Å². The van der Waals surface area contributed by atoms with Crippen molar-refractivity contribution in [2.45, 2.75) is 38.6 Å². The van der Waals surface area contributed by atoms with Gasteiger partial charge in [-0.1, -0.05) is 32.9 Å². The molecule has 1 aromatic rings. The molecule has 0 aromatic heterocycles. The number of methoxy groups -OCH3 is 1. The molecule has 1 aromatic carbocycles. The Morgan fingerprint density at radius 3 is 2.38 bits per heavy atom. The van der Waals surface area contributed by atoms with Crippen LogP contribution in [0.25, 0.3) is 0 Å². The lowest BCUT2D eigenvalue weighted by Crippen LogP contribution is -2.49. The van der Waals surface area contributed by atoms with Crippen molar-refractivity contribution in [1.82, 2.24) is 0 Å². The Labute approximate surface area is 127 Å². The molecule has 116 valence electrons. The molecule has 0 aliphatic carbocycles. The second kappa shape index (κ2) is 6.06. The molecule has 0 bridgehead atoms. The van der Waals surface area contributed by atoms with Gasteiger partial charge in [-0.15, -0.1) is 0 Å². The van der Waals surface area contributed by atoms with Crippen LogP contribution in [-0.4, -0.2) is 32.2 Å². The Balaban J connectivity index is 2.15. The number of ether oxygens (including phenoxy) is 1. The van der Waals surface area contributed by atoms with Crippen LogP contribution < -0.4 is 10.6 Å². The molecule has 1 aliphatic rings. The number of carbonyl (C=O) groups is 1. The van der Waals surface area contributed by atoms with Crippen LogP contribution in [0.1, 0.15) is 32.8 Å². The zero-order valence-corrected chi connectivity index (χ0v) is 13.4. The van der Waals surface area contributed by atoms with Crippen molar-refractivity contribution in [3.8, 4) is 0 Å². The van der Waals surface area contributed by atoms with E-state index in [0.717, 1.165) is 12.2 Å². The van der Waals surface area contributed by atoms with Gasteiger partial charge >= 0.3 is 5.97 Å². The maximum Gasteiger partial charge on any atom is 0.310 e. The van der Waals surface area contributed by atoms with Gasteiger partial charge in [-0.25, -0.2) is 0 Å². The minimum atomic E-state index is -0.165. The second-order valence-electron chi connectivity index (χ2n) is 6.92. The van der Waals surface area contributed by atoms with Gasteiger partial charge < -0.3 is 15.4 Å². The van der Waals surface area contributed by atoms with E-state index in [2.05, 4.69) is 49.9 Å². The molecule has 2 unspecified atom stereocenters. The lowest BCUT2D eigenvalue weighted by Gasteiger charge is -2.36. The fraction of sp³-hybridized carbons (Fsp3) is 0.588. The van der Waals surface area contributed by atoms with Gasteiger partial charge in [-0.3, -0.25) is 4.79 Å². The van der Waals surface area contributed by atoms with Crippen LogP contribution >= 0.6 is 0 Å². The van der Waals surface area contributed by atoms with Gasteiger partial charge in [-0.05, 0) is 29.5 Å². The van der Waals surface area contributed by atoms with Gasteiger partial charge in [0.2, 0.25) is 0 Å². The number of rotatable bonds is 2. The van der Waals surface area contributed by atoms with Crippen molar-refractivity contribution < 1.29 is 9.53 Å². The van der Waals surface area contributed by atoms with E-state index >= 15 is 0 Å². The maximum absolute atomic E-state index is 11.8. The summed E-state index contributed by atoms with van der Waals surface area (Å²) in [6.07, 6.45) is 0.698. The Bertz CT molecular complexity index is 491. The number of hydrogen-bond acceptors (Lipinski definition) is 4. The number of nitrogens with two attached hydrogens (primary N) is 1. The van der Waals surface area contributed by atoms with E-state index in [1.807, 2.05) is 0 Å². The number of piperidine rings is 1. The van der Waals surface area contributed by atoms with E-state index in [9.17, 15) is 4.79 Å². The molecular weight excluding hydrogens is 264 g/mol. The fourth-order valence-corrected chi connectivity index (χ4v) is 2.86. The summed E-state index contributed by atoms with van der Waals surface area (Å²) in [5.74, 6) is -0.303. The van der Waals surface area contributed by atoms with Gasteiger partial charge in [0.25, 0.3) is 0 Å². The lowest BCUT2D eigenvalue weighted by atomic mass is 9.87. The third-order valence-electron chi connectivity index (χ3n) is 4.12. The number of benzene rings is 1. The van der Waals surface area contributed by atoms with Gasteiger partial charge in [0.15, 0.2) is 0 Å². The average Bonchev–Trinajstić information content (AvgIpc) is 2.45. The Morgan fingerprint density at radius 2 is 1.86 bits per heavy atom. The van der Waals surface area contributed by atoms with Gasteiger partial charge in [0.05, 0.1) is 13.0 Å². The van der Waals surface area contributed by atoms with E-state index < -0.39 is 0 Å². The highest BCUT2D eigenvalue weighted by Gasteiger charge is 2.30. The molecule has 0 radical (unpaired) electrons. The molecule has 2 rings (SSSR count). The summed E-state index contributed by atoms with van der Waals surface area (Å²) >= 11 is 0. The van der Waals surface area contributed by atoms with E-state index in [-0.39, 0.29) is 23.3 Å². The van der Waals surface area contributed by atoms with Crippen LogP contribution in [-0.2, 0) is 14.9 Å². The van der Waals surface area contributed by atoms with Gasteiger partial charge in [0.1, 0.15) is 0 Å². The molecule has 2 N–H and O–H groups in total. The SMILES string of the molecule is COC(=O)C1CC(N)CN(c2ccc(C(C)(C)C)cc2)C1. The Morgan fingerprint density at radius 1 is 1.24 bits per heavy atom. The first-order chi connectivity index (χ1) is 9.81. The highest BCUT2D eigenvalue weighted by atomic mass is 16.5. The monoisotopic (exact) mass is 290 g/mol. The summed E-state index contributed by atoms with van der Waals surface area (Å²) < 4.78 is 4.86. The van der Waals surface area contributed by atoms with Crippen LogP contribution in [0, 0.1) is 5.92 Å². The van der Waals surface area contributed by atoms with Crippen LogP contribution in [0.3, 0.4) is 0 Å². The van der Waals surface area contributed by atoms with Crippen molar-refractivity contribution in [1.29, 1.82) is 0 Å². The highest BCUT2D eigenvalue weighted by molar-refractivity contribution is 5.73. The third-order valence-corrected chi connectivity index (χ3v) is 4.12. The predicted octanol–water partition coefficient (Wildman–Crippen LogP) is 2.31. The second-order valence-corrected chi connectivity index (χ2v) is 6.92. The van der Waals surface area contributed by atoms with Crippen molar-refractivity contribution in [3.63, 3.8) is 0 Å². The first kappa shape index (κ1) is 15.8. The van der Waals surface area contributed by atoms with E-state index in [1.54, 1.807) is 0 Å². The number of carbonyl (C=O) groups excluding carboxylic acids is 1. The Kier molecular flexibility index (Phi) is 4.57. The van der Waals surface area contributed by atoms with Crippen molar-refractivity contribution in [2.75, 3.05) is 25.1 Å². The number of hydrogen-bond donors (Lipinski definition) is 1. The summed E-state index contributed by atoms with van der Waals surface area (Å²) in [7, 11) is 1.44. The zero-order chi connectivity index (χ0) is 15.6. The summed E-state index contributed by atoms with van der Waals surface area (Å²) in [6.45, 7) is 8.06. The first-order valence-corrected chi connectivity index (χ1v) is 7.50. The topological polar surface area (TPSA) is 55.6 Å². The predicted molar refractivity (Wildman–Crippen MR) is 85.5 cm³/mol. The molecule has 4 heteroatoms. The Hall–Kier alpha value is -1.55. The largest absolute Gasteiger partial charge is 0.469 e. The van der Waals surface area contributed by atoms with Crippen molar-refractivity contribution in [3.05, 3.63) is 29.8 Å². The summed E-state index contributed by atoms with van der Waals surface area (Å²) in [4.78, 5) is 14.0. The van der Waals surface area contributed by atoms with E-state index in [0.29, 0.717) is 13.0 Å². The van der Waals surface area contributed by atoms with E-state index in [4.69, 9.17) is 10.5 Å². The maximum atomic E-state index is 11.8. The lowest BCUT2D eigenvalue weighted by molar-refractivity contribution is -0.145. The molecule has 0 spiro atoms. The van der Waals surface area contributed by atoms with Crippen LogP contribution in [0.2, 0.25) is 0 Å². The summed E-state index contributed by atoms with van der Waals surface area (Å²) in [5, 5.41) is 0. The fourth-order valence-electron chi connectivity index (χ4n) is 2.86. The van der Waals surface area contributed by atoms with Crippen LogP contribution in [0.5, 0.6) is 0 Å². The number of esters is 1. The zero-order valence-electron chi connectivity index (χ0n) is 13.4. The molecule has 1 aliphatic heterocycles. The molecule has 1 fully saturated rings. The molecular formula is C17H26N2O2. The van der Waals surface area contributed by atoms with Gasteiger partial charge in [0, 0.05) is 24.8 Å². The highest BCUT2D eigenvalue weighted by Crippen LogP contribution is 2.27. The first-order valence-electron chi connectivity index (χ1n) is 7.50. The quantitative estimate of drug-likeness (QED) is 0.849. The number of nitrogens with zero attached hydrogens (tertiary/aromatic N) is 1. The normalized spacial score (nSPS) is 23.0. The summed E-state index contributed by atoms with van der Waals surface area (Å²) in [5.41, 5.74) is 8.66. The molecule has 2 atom stereocenters. The minimum absolute atomic E-state index is 0.00476. The van der Waals surface area contributed by atoms with Crippen LogP contribution in [0.4, 0.5) is 5.69 Å². The van der Waals surface area contributed by atoms with Crippen molar-refractivity contribution in [2.24, 2.45) is 11.7 Å². The molecule has 4 nitrogen and oxygen atoms in total. The van der Waals surface area contributed by atoms with E-state index in [1.165, 1.54) is 12.7 Å². The average molecular weight is 290 g/mol. The van der Waals surface area contributed by atoms with Gasteiger partial charge in [-0.2, -0.15) is 0 Å². The standard InChI is InChI=1S/C17H26N2O2/c1-17(2,3)13-5-7-15(8-6-13)19-10-12(16(20)21-4)9-14(18)11-19/h5-8,12,14H,9-11,18H2,1-4H3. The molecule has 21 heavy (non-hydrogen) atoms. The molecule has 0 amide bonds. The molecule has 0 saturated carbocycles. The molecule has 1 heterocycles. The summed E-state index contributed by atoms with van der Waals surface area (Å²) in [6, 6.07) is 8.55. The third kappa shape index (κ3) is 3.76. The number of anilines is 1. The van der Waals surface area contributed by atoms with Crippen molar-refractivity contribution >= 4 is 11.7 Å². The minimum Gasteiger partial charge on any atom is -0.469 e. The smallest absolute Gasteiger partial charge is 0.310 e. The molecule has 1 saturated heterocycles.